The van der Waals surface area contributed by atoms with Crippen LogP contribution in [0, 0.1) is 17.0 Å². The molecule has 1 unspecified atom stereocenters. The fourth-order valence-corrected chi connectivity index (χ4v) is 7.41. The van der Waals surface area contributed by atoms with Gasteiger partial charge < -0.3 is 14.7 Å². The van der Waals surface area contributed by atoms with Gasteiger partial charge in [0, 0.05) is 48.9 Å². The number of benzene rings is 3. The Hall–Kier alpha value is -3.70. The Morgan fingerprint density at radius 1 is 1.02 bits per heavy atom. The molecule has 0 saturated carbocycles. The number of hydrogen-bond acceptors (Lipinski definition) is 5. The molecule has 0 radical (unpaired) electrons. The van der Waals surface area contributed by atoms with E-state index in [1.54, 1.807) is 25.1 Å². The van der Waals surface area contributed by atoms with Crippen molar-refractivity contribution in [3.63, 3.8) is 0 Å². The largest absolute Gasteiger partial charge is 0.489 e. The SMILES string of the molecule is C[C@@H]1Cc2cc(OCc3ccccc3)ccc2C(c2c(F)cc(N3CCCC4(CN(CC(=O)O)C4)C3)cc2F)N1CC(F)(F)F. The van der Waals surface area contributed by atoms with Crippen LogP contribution in [0.3, 0.4) is 0 Å². The first-order valence-corrected chi connectivity index (χ1v) is 15.2. The van der Waals surface area contributed by atoms with Gasteiger partial charge in [0.05, 0.1) is 19.1 Å². The first kappa shape index (κ1) is 31.3. The van der Waals surface area contributed by atoms with Gasteiger partial charge in [-0.25, -0.2) is 8.78 Å². The first-order valence-electron chi connectivity index (χ1n) is 15.2. The first-order chi connectivity index (χ1) is 21.4. The van der Waals surface area contributed by atoms with Crippen molar-refractivity contribution in [2.24, 2.45) is 5.41 Å². The molecule has 11 heteroatoms. The monoisotopic (exact) mass is 629 g/mol. The Bertz CT molecular complexity index is 1520. The molecule has 0 amide bonds. The highest BCUT2D eigenvalue weighted by atomic mass is 19.4. The van der Waals surface area contributed by atoms with Crippen LogP contribution >= 0.6 is 0 Å². The van der Waals surface area contributed by atoms with E-state index < -0.39 is 48.0 Å². The van der Waals surface area contributed by atoms with Crippen LogP contribution in [0.1, 0.15) is 48.1 Å². The van der Waals surface area contributed by atoms with E-state index in [1.165, 1.54) is 12.1 Å². The molecule has 2 atom stereocenters. The standard InChI is InChI=1S/C34H36F5N3O3/c1-22-12-24-13-26(45-17-23-6-3-2-4-7-23)8-9-27(24)32(42(22)21-34(37,38)39)31-28(35)14-25(15-29(31)36)41-11-5-10-33(20-41)18-40(19-33)16-30(43)44/h2-4,6-9,13-15,22,32H,5,10-12,16-21H2,1H3,(H,43,44)/t22-,32?/m1/s1. The number of aliphatic carboxylic acids is 1. The highest BCUT2D eigenvalue weighted by molar-refractivity contribution is 5.69. The van der Waals surface area contributed by atoms with Gasteiger partial charge in [0.25, 0.3) is 0 Å². The Morgan fingerprint density at radius 2 is 1.73 bits per heavy atom. The molecule has 1 spiro atoms. The highest BCUT2D eigenvalue weighted by Crippen LogP contribution is 2.45. The van der Waals surface area contributed by atoms with E-state index in [0.29, 0.717) is 55.3 Å². The fraction of sp³-hybridized carbons (Fsp3) is 0.441. The lowest BCUT2D eigenvalue weighted by molar-refractivity contribution is -0.155. The number of piperidine rings is 1. The Balaban J connectivity index is 1.29. The molecule has 0 bridgehead atoms. The Kier molecular flexibility index (Phi) is 8.51. The summed E-state index contributed by atoms with van der Waals surface area (Å²) in [5, 5.41) is 9.09. The second kappa shape index (κ2) is 12.2. The zero-order valence-corrected chi connectivity index (χ0v) is 25.0. The van der Waals surface area contributed by atoms with Crippen LogP contribution in [0.4, 0.5) is 27.6 Å². The number of alkyl halides is 3. The predicted molar refractivity (Wildman–Crippen MR) is 159 cm³/mol. The van der Waals surface area contributed by atoms with Crippen molar-refractivity contribution in [2.45, 2.75) is 51.1 Å². The Labute approximate surface area is 259 Å². The van der Waals surface area contributed by atoms with Crippen LogP contribution in [-0.4, -0.2) is 72.4 Å². The molecule has 3 aliphatic heterocycles. The van der Waals surface area contributed by atoms with E-state index in [-0.39, 0.29) is 18.4 Å². The van der Waals surface area contributed by atoms with Gasteiger partial charge in [-0.2, -0.15) is 13.2 Å². The minimum Gasteiger partial charge on any atom is -0.489 e. The van der Waals surface area contributed by atoms with Gasteiger partial charge in [-0.05, 0) is 67.1 Å². The number of hydrogen-bond donors (Lipinski definition) is 1. The molecule has 6 nitrogen and oxygen atoms in total. The highest BCUT2D eigenvalue weighted by Gasteiger charge is 2.47. The van der Waals surface area contributed by atoms with Crippen LogP contribution in [0.2, 0.25) is 0 Å². The molecule has 6 rings (SSSR count). The second-order valence-electron chi connectivity index (χ2n) is 12.8. The molecule has 0 aliphatic carbocycles. The van der Waals surface area contributed by atoms with Gasteiger partial charge in [-0.3, -0.25) is 14.6 Å². The molecule has 1 N–H and O–H groups in total. The van der Waals surface area contributed by atoms with Crippen molar-refractivity contribution in [1.82, 2.24) is 9.80 Å². The van der Waals surface area contributed by atoms with Crippen molar-refractivity contribution in [3.8, 4) is 5.75 Å². The molecule has 3 heterocycles. The number of fused-ring (bicyclic) bond motifs is 1. The minimum atomic E-state index is -4.57. The third kappa shape index (κ3) is 6.79. The lowest BCUT2D eigenvalue weighted by atomic mass is 9.73. The second-order valence-corrected chi connectivity index (χ2v) is 12.8. The van der Waals surface area contributed by atoms with Gasteiger partial charge in [-0.15, -0.1) is 0 Å². The summed E-state index contributed by atoms with van der Waals surface area (Å²) in [4.78, 5) is 16.0. The predicted octanol–water partition coefficient (Wildman–Crippen LogP) is 6.43. The lowest BCUT2D eigenvalue weighted by Crippen LogP contribution is -2.63. The zero-order chi connectivity index (χ0) is 31.9. The van der Waals surface area contributed by atoms with E-state index in [2.05, 4.69) is 0 Å². The molecule has 3 aromatic carbocycles. The average Bonchev–Trinajstić information content (AvgIpc) is 2.96. The summed E-state index contributed by atoms with van der Waals surface area (Å²) in [7, 11) is 0. The van der Waals surface area contributed by atoms with Gasteiger partial charge >= 0.3 is 12.1 Å². The van der Waals surface area contributed by atoms with Crippen molar-refractivity contribution in [1.29, 1.82) is 0 Å². The molecule has 240 valence electrons. The third-order valence-electron chi connectivity index (χ3n) is 9.27. The van der Waals surface area contributed by atoms with Gasteiger partial charge in [0.1, 0.15) is 24.0 Å². The number of halogens is 5. The van der Waals surface area contributed by atoms with Crippen LogP contribution in [-0.2, 0) is 17.8 Å². The van der Waals surface area contributed by atoms with Crippen molar-refractivity contribution < 1.29 is 36.6 Å². The molecule has 2 saturated heterocycles. The maximum Gasteiger partial charge on any atom is 0.401 e. The summed E-state index contributed by atoms with van der Waals surface area (Å²) in [6, 6.07) is 15.1. The molecule has 3 aromatic rings. The number of likely N-dealkylation sites (tertiary alicyclic amines) is 1. The lowest BCUT2D eigenvalue weighted by Gasteiger charge is -2.54. The maximum absolute atomic E-state index is 16.1. The molecule has 2 fully saturated rings. The van der Waals surface area contributed by atoms with E-state index >= 15 is 8.78 Å². The van der Waals surface area contributed by atoms with E-state index in [1.807, 2.05) is 40.1 Å². The normalized spacial score (nSPS) is 21.8. The zero-order valence-electron chi connectivity index (χ0n) is 25.0. The van der Waals surface area contributed by atoms with Gasteiger partial charge in [-0.1, -0.05) is 36.4 Å². The maximum atomic E-state index is 16.1. The molecule has 45 heavy (non-hydrogen) atoms. The number of anilines is 1. The Morgan fingerprint density at radius 3 is 2.40 bits per heavy atom. The van der Waals surface area contributed by atoms with Crippen molar-refractivity contribution in [2.75, 3.05) is 44.2 Å². The molecule has 0 aromatic heterocycles. The number of carboxylic acid groups (broad SMARTS) is 1. The van der Waals surface area contributed by atoms with Crippen LogP contribution in [0.5, 0.6) is 5.75 Å². The number of ether oxygens (including phenoxy) is 1. The van der Waals surface area contributed by atoms with Crippen LogP contribution in [0.15, 0.2) is 60.7 Å². The average molecular weight is 630 g/mol. The van der Waals surface area contributed by atoms with Crippen molar-refractivity contribution >= 4 is 11.7 Å². The number of carbonyl (C=O) groups is 1. The third-order valence-corrected chi connectivity index (χ3v) is 9.27. The van der Waals surface area contributed by atoms with E-state index in [4.69, 9.17) is 9.84 Å². The van der Waals surface area contributed by atoms with Gasteiger partial charge in [0.2, 0.25) is 0 Å². The quantitative estimate of drug-likeness (QED) is 0.290. The fourth-order valence-electron chi connectivity index (χ4n) is 7.41. The number of carboxylic acids is 1. The summed E-state index contributed by atoms with van der Waals surface area (Å²) in [5.41, 5.74) is 1.84. The van der Waals surface area contributed by atoms with Gasteiger partial charge in [0.15, 0.2) is 0 Å². The summed E-state index contributed by atoms with van der Waals surface area (Å²) in [5.74, 6) is -2.16. The summed E-state index contributed by atoms with van der Waals surface area (Å²) >= 11 is 0. The number of rotatable bonds is 8. The minimum absolute atomic E-state index is 0.0456. The van der Waals surface area contributed by atoms with Crippen LogP contribution < -0.4 is 9.64 Å². The molecular formula is C34H36F5N3O3. The van der Waals surface area contributed by atoms with Crippen molar-refractivity contribution in [3.05, 3.63) is 94.6 Å². The van der Waals surface area contributed by atoms with E-state index in [0.717, 1.165) is 23.3 Å². The number of nitrogens with zero attached hydrogens (tertiary/aromatic N) is 3. The van der Waals surface area contributed by atoms with Crippen LogP contribution in [0.25, 0.3) is 0 Å². The summed E-state index contributed by atoms with van der Waals surface area (Å²) in [6.07, 6.45) is -2.63. The molecule has 3 aliphatic rings. The summed E-state index contributed by atoms with van der Waals surface area (Å²) < 4.78 is 79.6. The smallest absolute Gasteiger partial charge is 0.401 e. The topological polar surface area (TPSA) is 56.3 Å². The molecular weight excluding hydrogens is 593 g/mol. The summed E-state index contributed by atoms with van der Waals surface area (Å²) in [6.45, 7) is 2.88. The van der Waals surface area contributed by atoms with E-state index in [9.17, 15) is 18.0 Å².